The molecule has 0 fully saturated rings. The van der Waals surface area contributed by atoms with Crippen molar-refractivity contribution < 1.29 is 8.78 Å². The Bertz CT molecular complexity index is 253. The molecule has 0 heterocycles. The van der Waals surface area contributed by atoms with Crippen LogP contribution in [0.5, 0.6) is 0 Å². The van der Waals surface area contributed by atoms with E-state index in [-0.39, 0.29) is 5.56 Å². The molecule has 0 N–H and O–H groups in total. The summed E-state index contributed by atoms with van der Waals surface area (Å²) in [6.45, 7) is 0.907. The molecule has 1 rings (SSSR count). The molecule has 0 spiro atoms. The summed E-state index contributed by atoms with van der Waals surface area (Å²) in [6.07, 6.45) is 0. The molecule has 0 aliphatic heterocycles. The second-order valence-corrected chi connectivity index (χ2v) is 3.53. The average molecular weight is 268 g/mol. The minimum atomic E-state index is -2.72. The van der Waals surface area contributed by atoms with Crippen LogP contribution in [0, 0.1) is 3.57 Å². The van der Waals surface area contributed by atoms with Gasteiger partial charge in [-0.05, 0) is 28.7 Å². The summed E-state index contributed by atoms with van der Waals surface area (Å²) in [7, 11) is 0. The van der Waals surface area contributed by atoms with E-state index in [2.05, 4.69) is 0 Å². The molecule has 0 saturated heterocycles. The van der Waals surface area contributed by atoms with Crippen molar-refractivity contribution in [3.63, 3.8) is 0 Å². The Hall–Kier alpha value is -0.190. The Morgan fingerprint density at radius 3 is 2.18 bits per heavy atom. The van der Waals surface area contributed by atoms with Gasteiger partial charge < -0.3 is 0 Å². The molecular formula is C8H7F2I. The highest BCUT2D eigenvalue weighted by molar-refractivity contribution is 14.1. The summed E-state index contributed by atoms with van der Waals surface area (Å²) in [5.74, 6) is -2.72. The maximum atomic E-state index is 12.7. The molecule has 0 bridgehead atoms. The van der Waals surface area contributed by atoms with E-state index >= 15 is 0 Å². The largest absolute Gasteiger partial charge is 0.271 e. The lowest BCUT2D eigenvalue weighted by atomic mass is 10.1. The van der Waals surface area contributed by atoms with Crippen molar-refractivity contribution in [3.8, 4) is 0 Å². The van der Waals surface area contributed by atoms with Gasteiger partial charge in [0.15, 0.2) is 0 Å². The van der Waals surface area contributed by atoms with Crippen molar-refractivity contribution in [1.82, 2.24) is 0 Å². The lowest BCUT2D eigenvalue weighted by Crippen LogP contribution is -2.08. The summed E-state index contributed by atoms with van der Waals surface area (Å²) in [6, 6.07) is 6.49. The Kier molecular flexibility index (Phi) is 2.47. The van der Waals surface area contributed by atoms with Crippen LogP contribution in [0.1, 0.15) is 12.5 Å². The van der Waals surface area contributed by atoms with Gasteiger partial charge in [-0.3, -0.25) is 0 Å². The first-order chi connectivity index (χ1) is 5.02. The van der Waals surface area contributed by atoms with Crippen molar-refractivity contribution in [2.24, 2.45) is 0 Å². The molecule has 0 radical (unpaired) electrons. The summed E-state index contributed by atoms with van der Waals surface area (Å²) >= 11 is 1.91. The van der Waals surface area contributed by atoms with Crippen LogP contribution in [0.4, 0.5) is 8.78 Å². The highest BCUT2D eigenvalue weighted by Gasteiger charge is 2.25. The van der Waals surface area contributed by atoms with E-state index in [0.717, 1.165) is 6.92 Å². The van der Waals surface area contributed by atoms with E-state index in [0.29, 0.717) is 3.57 Å². The van der Waals surface area contributed by atoms with Gasteiger partial charge in [-0.1, -0.05) is 18.2 Å². The second-order valence-electron chi connectivity index (χ2n) is 2.37. The predicted octanol–water partition coefficient (Wildman–Crippen LogP) is 3.40. The van der Waals surface area contributed by atoms with E-state index in [4.69, 9.17) is 0 Å². The zero-order valence-electron chi connectivity index (χ0n) is 5.94. The average Bonchev–Trinajstić information content (AvgIpc) is 1.86. The van der Waals surface area contributed by atoms with Gasteiger partial charge in [0.05, 0.1) is 0 Å². The van der Waals surface area contributed by atoms with E-state index in [1.165, 1.54) is 6.07 Å². The minimum absolute atomic E-state index is 0.0978. The van der Waals surface area contributed by atoms with E-state index in [9.17, 15) is 8.78 Å². The molecule has 0 aromatic heterocycles. The Morgan fingerprint density at radius 1 is 1.27 bits per heavy atom. The maximum Gasteiger partial charge on any atom is 0.271 e. The lowest BCUT2D eigenvalue weighted by molar-refractivity contribution is 0.0166. The summed E-state index contributed by atoms with van der Waals surface area (Å²) in [5, 5.41) is 0. The van der Waals surface area contributed by atoms with Crippen molar-refractivity contribution in [2.45, 2.75) is 12.8 Å². The molecular weight excluding hydrogens is 261 g/mol. The molecule has 0 aliphatic rings. The normalized spacial score (nSPS) is 11.6. The SMILES string of the molecule is CC(F)(F)c1ccccc1I. The fourth-order valence-electron chi connectivity index (χ4n) is 0.817. The van der Waals surface area contributed by atoms with Crippen LogP contribution < -0.4 is 0 Å². The van der Waals surface area contributed by atoms with Gasteiger partial charge in [0.25, 0.3) is 5.92 Å². The Labute approximate surface area is 77.8 Å². The van der Waals surface area contributed by atoms with Gasteiger partial charge >= 0.3 is 0 Å². The van der Waals surface area contributed by atoms with Crippen LogP contribution in [-0.4, -0.2) is 0 Å². The molecule has 1 aromatic carbocycles. The summed E-state index contributed by atoms with van der Waals surface area (Å²) in [5.41, 5.74) is 0.0978. The molecule has 0 nitrogen and oxygen atoms in total. The molecule has 0 amide bonds. The number of hydrogen-bond acceptors (Lipinski definition) is 0. The zero-order valence-corrected chi connectivity index (χ0v) is 8.10. The van der Waals surface area contributed by atoms with E-state index in [1.54, 1.807) is 18.2 Å². The monoisotopic (exact) mass is 268 g/mol. The van der Waals surface area contributed by atoms with Crippen LogP contribution in [-0.2, 0) is 5.92 Å². The van der Waals surface area contributed by atoms with Crippen LogP contribution in [0.15, 0.2) is 24.3 Å². The van der Waals surface area contributed by atoms with Gasteiger partial charge in [-0.25, -0.2) is 8.78 Å². The van der Waals surface area contributed by atoms with Crippen molar-refractivity contribution >= 4 is 22.6 Å². The highest BCUT2D eigenvalue weighted by atomic mass is 127. The number of benzene rings is 1. The number of hydrogen-bond donors (Lipinski definition) is 0. The first kappa shape index (κ1) is 8.90. The van der Waals surface area contributed by atoms with E-state index < -0.39 is 5.92 Å². The summed E-state index contributed by atoms with van der Waals surface area (Å²) < 4.78 is 26.0. The van der Waals surface area contributed by atoms with Crippen LogP contribution in [0.3, 0.4) is 0 Å². The quantitative estimate of drug-likeness (QED) is 0.685. The lowest BCUT2D eigenvalue weighted by Gasteiger charge is -2.11. The Balaban J connectivity index is 3.14. The predicted molar refractivity (Wildman–Crippen MR) is 48.7 cm³/mol. The third kappa shape index (κ3) is 2.12. The number of halogens is 3. The molecule has 11 heavy (non-hydrogen) atoms. The molecule has 0 saturated carbocycles. The van der Waals surface area contributed by atoms with Crippen LogP contribution in [0.2, 0.25) is 0 Å². The maximum absolute atomic E-state index is 12.7. The highest BCUT2D eigenvalue weighted by Crippen LogP contribution is 2.30. The second kappa shape index (κ2) is 3.05. The van der Waals surface area contributed by atoms with Crippen LogP contribution in [0.25, 0.3) is 0 Å². The molecule has 0 unspecified atom stereocenters. The first-order valence-electron chi connectivity index (χ1n) is 3.14. The summed E-state index contributed by atoms with van der Waals surface area (Å²) in [4.78, 5) is 0. The van der Waals surface area contributed by atoms with Gasteiger partial charge in [0.2, 0.25) is 0 Å². The molecule has 0 atom stereocenters. The fourth-order valence-corrected chi connectivity index (χ4v) is 1.68. The van der Waals surface area contributed by atoms with Crippen molar-refractivity contribution in [3.05, 3.63) is 33.4 Å². The van der Waals surface area contributed by atoms with E-state index in [1.807, 2.05) is 22.6 Å². The van der Waals surface area contributed by atoms with Gasteiger partial charge in [-0.2, -0.15) is 0 Å². The fraction of sp³-hybridized carbons (Fsp3) is 0.250. The number of rotatable bonds is 1. The smallest absolute Gasteiger partial charge is 0.202 e. The van der Waals surface area contributed by atoms with Crippen molar-refractivity contribution in [2.75, 3.05) is 0 Å². The molecule has 0 aliphatic carbocycles. The first-order valence-corrected chi connectivity index (χ1v) is 4.22. The van der Waals surface area contributed by atoms with Gasteiger partial charge in [-0.15, -0.1) is 0 Å². The van der Waals surface area contributed by atoms with Crippen molar-refractivity contribution in [1.29, 1.82) is 0 Å². The molecule has 1 aromatic rings. The van der Waals surface area contributed by atoms with Gasteiger partial charge in [0.1, 0.15) is 0 Å². The topological polar surface area (TPSA) is 0 Å². The standard InChI is InChI=1S/C8H7F2I/c1-8(9,10)6-4-2-3-5-7(6)11/h2-5H,1H3. The minimum Gasteiger partial charge on any atom is -0.202 e. The third-order valence-electron chi connectivity index (χ3n) is 1.35. The number of alkyl halides is 2. The third-order valence-corrected chi connectivity index (χ3v) is 2.29. The zero-order chi connectivity index (χ0) is 8.48. The van der Waals surface area contributed by atoms with Gasteiger partial charge in [0, 0.05) is 16.1 Å². The van der Waals surface area contributed by atoms with Crippen LogP contribution >= 0.6 is 22.6 Å². The molecule has 60 valence electrons. The molecule has 3 heteroatoms. The Morgan fingerprint density at radius 2 is 1.82 bits per heavy atom.